The number of nitrogens with zero attached hydrogens (tertiary/aromatic N) is 1. The lowest BCUT2D eigenvalue weighted by Gasteiger charge is -2.01. The molecule has 3 aromatic rings. The zero-order valence-corrected chi connectivity index (χ0v) is 13.0. The molecule has 0 saturated carbocycles. The van der Waals surface area contributed by atoms with Gasteiger partial charge in [-0.25, -0.2) is 9.78 Å². The van der Waals surface area contributed by atoms with Gasteiger partial charge < -0.3 is 4.74 Å². The van der Waals surface area contributed by atoms with Crippen LogP contribution in [0.2, 0.25) is 0 Å². The molecule has 0 fully saturated rings. The molecule has 0 aliphatic carbocycles. The van der Waals surface area contributed by atoms with Gasteiger partial charge in [0.25, 0.3) is 0 Å². The fourth-order valence-corrected chi connectivity index (χ4v) is 3.02. The van der Waals surface area contributed by atoms with Crippen LogP contribution in [0.5, 0.6) is 0 Å². The molecule has 2 aromatic carbocycles. The van der Waals surface area contributed by atoms with Crippen LogP contribution in [0.25, 0.3) is 11.3 Å². The highest BCUT2D eigenvalue weighted by molar-refractivity contribution is 7.10. The minimum Gasteiger partial charge on any atom is -0.465 e. The van der Waals surface area contributed by atoms with Gasteiger partial charge in [-0.15, -0.1) is 11.3 Å². The van der Waals surface area contributed by atoms with Crippen LogP contribution in [0.3, 0.4) is 0 Å². The summed E-state index contributed by atoms with van der Waals surface area (Å²) in [6, 6.07) is 17.6. The zero-order valence-electron chi connectivity index (χ0n) is 12.2. The lowest BCUT2D eigenvalue weighted by Crippen LogP contribution is -2.00. The Morgan fingerprint density at radius 3 is 2.50 bits per heavy atom. The van der Waals surface area contributed by atoms with E-state index in [2.05, 4.69) is 22.5 Å². The molecule has 0 bridgehead atoms. The molecule has 0 saturated heterocycles. The number of esters is 1. The van der Waals surface area contributed by atoms with E-state index in [1.165, 1.54) is 7.11 Å². The number of carbonyl (C=O) groups excluding carboxylic acids is 1. The van der Waals surface area contributed by atoms with E-state index in [0.717, 1.165) is 28.2 Å². The molecule has 0 amide bonds. The van der Waals surface area contributed by atoms with Crippen LogP contribution in [-0.2, 0) is 11.2 Å². The Bertz CT molecular complexity index is 763. The number of carbonyl (C=O) groups is 1. The summed E-state index contributed by atoms with van der Waals surface area (Å²) in [5, 5.41) is 3.14. The highest BCUT2D eigenvalue weighted by Gasteiger charge is 2.07. The summed E-state index contributed by atoms with van der Waals surface area (Å²) in [5.74, 6) is -0.313. The fourth-order valence-electron chi connectivity index (χ4n) is 2.18. The van der Waals surface area contributed by atoms with Crippen LogP contribution in [0, 0.1) is 0 Å². The predicted molar refractivity (Wildman–Crippen MR) is 88.1 cm³/mol. The van der Waals surface area contributed by atoms with Gasteiger partial charge >= 0.3 is 5.97 Å². The van der Waals surface area contributed by atoms with Gasteiger partial charge in [0.05, 0.1) is 23.4 Å². The molecule has 0 radical (unpaired) electrons. The molecule has 0 aliphatic heterocycles. The number of ether oxygens (including phenoxy) is 1. The van der Waals surface area contributed by atoms with Crippen molar-refractivity contribution in [1.29, 1.82) is 0 Å². The largest absolute Gasteiger partial charge is 0.465 e. The number of aromatic nitrogens is 1. The Hall–Kier alpha value is -2.46. The zero-order chi connectivity index (χ0) is 15.4. The van der Waals surface area contributed by atoms with Crippen molar-refractivity contribution in [3.8, 4) is 11.3 Å². The lowest BCUT2D eigenvalue weighted by atomic mass is 10.1. The summed E-state index contributed by atoms with van der Waals surface area (Å²) in [6.45, 7) is 0. The third-order valence-electron chi connectivity index (χ3n) is 3.35. The van der Waals surface area contributed by atoms with Crippen molar-refractivity contribution < 1.29 is 9.53 Å². The summed E-state index contributed by atoms with van der Waals surface area (Å²) in [4.78, 5) is 16.1. The maximum Gasteiger partial charge on any atom is 0.337 e. The van der Waals surface area contributed by atoms with E-state index in [4.69, 9.17) is 4.74 Å². The number of rotatable bonds is 4. The molecule has 3 nitrogen and oxygen atoms in total. The van der Waals surface area contributed by atoms with Gasteiger partial charge in [0.1, 0.15) is 0 Å². The standard InChI is InChI=1S/C18H15NO2S/c1-21-18(20)15-9-7-13(8-10-15)11-17-19-16(12-22-17)14-5-3-2-4-6-14/h2-10,12H,11H2,1H3. The van der Waals surface area contributed by atoms with Crippen LogP contribution < -0.4 is 0 Å². The molecule has 0 unspecified atom stereocenters. The Balaban J connectivity index is 1.74. The van der Waals surface area contributed by atoms with Crippen LogP contribution >= 0.6 is 11.3 Å². The molecule has 0 aliphatic rings. The quantitative estimate of drug-likeness (QED) is 0.678. The molecular weight excluding hydrogens is 294 g/mol. The van der Waals surface area contributed by atoms with E-state index in [-0.39, 0.29) is 5.97 Å². The van der Waals surface area contributed by atoms with Gasteiger partial charge in [-0.3, -0.25) is 0 Å². The van der Waals surface area contributed by atoms with E-state index < -0.39 is 0 Å². The molecular formula is C18H15NO2S. The molecule has 0 atom stereocenters. The molecule has 22 heavy (non-hydrogen) atoms. The van der Waals surface area contributed by atoms with Crippen molar-refractivity contribution >= 4 is 17.3 Å². The Morgan fingerprint density at radius 2 is 1.82 bits per heavy atom. The van der Waals surface area contributed by atoms with Gasteiger partial charge in [-0.1, -0.05) is 42.5 Å². The monoisotopic (exact) mass is 309 g/mol. The second kappa shape index (κ2) is 6.54. The van der Waals surface area contributed by atoms with Crippen molar-refractivity contribution in [2.45, 2.75) is 6.42 Å². The topological polar surface area (TPSA) is 39.2 Å². The van der Waals surface area contributed by atoms with E-state index in [1.54, 1.807) is 23.5 Å². The summed E-state index contributed by atoms with van der Waals surface area (Å²) in [7, 11) is 1.39. The van der Waals surface area contributed by atoms with Crippen LogP contribution in [-0.4, -0.2) is 18.1 Å². The van der Waals surface area contributed by atoms with Gasteiger partial charge in [0, 0.05) is 17.4 Å². The molecule has 3 rings (SSSR count). The number of hydrogen-bond acceptors (Lipinski definition) is 4. The molecule has 0 N–H and O–H groups in total. The van der Waals surface area contributed by atoms with Gasteiger partial charge in [0.2, 0.25) is 0 Å². The first-order chi connectivity index (χ1) is 10.8. The predicted octanol–water partition coefficient (Wildman–Crippen LogP) is 4.19. The minimum atomic E-state index is -0.313. The molecule has 4 heteroatoms. The molecule has 1 aromatic heterocycles. The van der Waals surface area contributed by atoms with Crippen molar-refractivity contribution in [2.75, 3.05) is 7.11 Å². The number of methoxy groups -OCH3 is 1. The summed E-state index contributed by atoms with van der Waals surface area (Å²) in [6.07, 6.45) is 0.763. The summed E-state index contributed by atoms with van der Waals surface area (Å²) in [5.41, 5.74) is 3.83. The van der Waals surface area contributed by atoms with Crippen LogP contribution in [0.4, 0.5) is 0 Å². The molecule has 110 valence electrons. The van der Waals surface area contributed by atoms with E-state index >= 15 is 0 Å². The molecule has 1 heterocycles. The summed E-state index contributed by atoms with van der Waals surface area (Å²) < 4.78 is 4.70. The van der Waals surface area contributed by atoms with Crippen molar-refractivity contribution in [3.63, 3.8) is 0 Å². The first-order valence-corrected chi connectivity index (χ1v) is 7.81. The van der Waals surface area contributed by atoms with Gasteiger partial charge in [0.15, 0.2) is 0 Å². The van der Waals surface area contributed by atoms with Crippen molar-refractivity contribution in [3.05, 3.63) is 76.1 Å². The number of benzene rings is 2. The Kier molecular flexibility index (Phi) is 4.30. The summed E-state index contributed by atoms with van der Waals surface area (Å²) >= 11 is 1.65. The maximum atomic E-state index is 11.4. The first-order valence-electron chi connectivity index (χ1n) is 6.93. The SMILES string of the molecule is COC(=O)c1ccc(Cc2nc(-c3ccccc3)cs2)cc1. The Labute approximate surface area is 133 Å². The Morgan fingerprint density at radius 1 is 1.09 bits per heavy atom. The highest BCUT2D eigenvalue weighted by atomic mass is 32.1. The van der Waals surface area contributed by atoms with Crippen LogP contribution in [0.15, 0.2) is 60.0 Å². The number of hydrogen-bond donors (Lipinski definition) is 0. The maximum absolute atomic E-state index is 11.4. The van der Waals surface area contributed by atoms with E-state index in [0.29, 0.717) is 5.56 Å². The lowest BCUT2D eigenvalue weighted by molar-refractivity contribution is 0.0600. The third kappa shape index (κ3) is 3.23. The third-order valence-corrected chi connectivity index (χ3v) is 4.20. The first kappa shape index (κ1) is 14.5. The van der Waals surface area contributed by atoms with Crippen molar-refractivity contribution in [2.24, 2.45) is 0 Å². The minimum absolute atomic E-state index is 0.313. The normalized spacial score (nSPS) is 10.4. The average molecular weight is 309 g/mol. The fraction of sp³-hybridized carbons (Fsp3) is 0.111. The molecule has 0 spiro atoms. The van der Waals surface area contributed by atoms with Crippen LogP contribution in [0.1, 0.15) is 20.9 Å². The van der Waals surface area contributed by atoms with Gasteiger partial charge in [-0.2, -0.15) is 0 Å². The smallest absolute Gasteiger partial charge is 0.337 e. The second-order valence-corrected chi connectivity index (χ2v) is 5.80. The highest BCUT2D eigenvalue weighted by Crippen LogP contribution is 2.23. The van der Waals surface area contributed by atoms with Crippen molar-refractivity contribution in [1.82, 2.24) is 4.98 Å². The van der Waals surface area contributed by atoms with E-state index in [1.807, 2.05) is 30.3 Å². The van der Waals surface area contributed by atoms with E-state index in [9.17, 15) is 4.79 Å². The second-order valence-electron chi connectivity index (χ2n) is 4.86. The number of thiazole rings is 1. The average Bonchev–Trinajstić information content (AvgIpc) is 3.04. The van der Waals surface area contributed by atoms with Gasteiger partial charge in [-0.05, 0) is 17.7 Å².